The monoisotopic (exact) mass is 383 g/mol. The molecule has 28 heavy (non-hydrogen) atoms. The molecular formula is C20H17NO7. The van der Waals surface area contributed by atoms with Crippen molar-refractivity contribution in [2.45, 2.75) is 0 Å². The third-order valence-electron chi connectivity index (χ3n) is 4.53. The molecule has 1 aliphatic carbocycles. The smallest absolute Gasteiger partial charge is 0.338 e. The van der Waals surface area contributed by atoms with E-state index in [-0.39, 0.29) is 45.2 Å². The molecule has 0 saturated carbocycles. The van der Waals surface area contributed by atoms with Crippen LogP contribution in [0.1, 0.15) is 37.5 Å². The van der Waals surface area contributed by atoms with Crippen molar-refractivity contribution >= 4 is 29.1 Å². The lowest BCUT2D eigenvalue weighted by atomic mass is 9.85. The average Bonchev–Trinajstić information content (AvgIpc) is 3.01. The minimum atomic E-state index is -0.879. The fraction of sp³-hybridized carbons (Fsp3) is 0.200. The van der Waals surface area contributed by atoms with Crippen LogP contribution in [0.3, 0.4) is 0 Å². The molecule has 0 bridgehead atoms. The molecule has 0 spiro atoms. The number of methoxy groups -OCH3 is 3. The van der Waals surface area contributed by atoms with Crippen LogP contribution in [-0.4, -0.2) is 49.4 Å². The van der Waals surface area contributed by atoms with Crippen molar-refractivity contribution in [3.05, 3.63) is 58.3 Å². The number of hydrogen-bond acceptors (Lipinski definition) is 7. The van der Waals surface area contributed by atoms with Gasteiger partial charge < -0.3 is 18.8 Å². The highest BCUT2D eigenvalue weighted by Gasteiger charge is 2.40. The first-order chi connectivity index (χ1) is 13.4. The second-order valence-corrected chi connectivity index (χ2v) is 5.94. The van der Waals surface area contributed by atoms with Gasteiger partial charge >= 0.3 is 11.9 Å². The lowest BCUT2D eigenvalue weighted by Gasteiger charge is -2.16. The molecule has 0 atom stereocenters. The number of rotatable bonds is 4. The van der Waals surface area contributed by atoms with E-state index < -0.39 is 17.7 Å². The number of carbonyl (C=O) groups is 4. The van der Waals surface area contributed by atoms with Gasteiger partial charge in [0.1, 0.15) is 5.69 Å². The molecule has 0 fully saturated rings. The van der Waals surface area contributed by atoms with E-state index in [1.54, 1.807) is 18.2 Å². The van der Waals surface area contributed by atoms with Gasteiger partial charge in [0.05, 0.1) is 38.0 Å². The Kier molecular flexibility index (Phi) is 4.87. The topological polar surface area (TPSA) is 101 Å². The zero-order valence-corrected chi connectivity index (χ0v) is 15.7. The minimum absolute atomic E-state index is 0.00473. The molecule has 1 aromatic carbocycles. The molecule has 0 saturated heterocycles. The van der Waals surface area contributed by atoms with E-state index in [1.807, 2.05) is 0 Å². The Balaban J connectivity index is 2.40. The highest BCUT2D eigenvalue weighted by atomic mass is 16.5. The highest BCUT2D eigenvalue weighted by Crippen LogP contribution is 2.40. The maximum absolute atomic E-state index is 13.2. The molecule has 0 unspecified atom stereocenters. The fourth-order valence-corrected chi connectivity index (χ4v) is 3.30. The second kappa shape index (κ2) is 7.15. The Morgan fingerprint density at radius 2 is 1.57 bits per heavy atom. The maximum Gasteiger partial charge on any atom is 0.338 e. The van der Waals surface area contributed by atoms with Crippen molar-refractivity contribution in [2.75, 3.05) is 21.3 Å². The maximum atomic E-state index is 13.2. The molecule has 1 aromatic heterocycles. The van der Waals surface area contributed by atoms with Crippen molar-refractivity contribution in [2.24, 2.45) is 7.05 Å². The SMILES string of the molecule is COC(=O)/C=C(\C(=O)OC)c1c2c(n(C)c1OC)C(=O)c1ccccc1C2=O. The van der Waals surface area contributed by atoms with Gasteiger partial charge in [-0.15, -0.1) is 0 Å². The van der Waals surface area contributed by atoms with Crippen LogP contribution in [-0.2, 0) is 26.1 Å². The third kappa shape index (κ3) is 2.70. The molecular weight excluding hydrogens is 366 g/mol. The first-order valence-corrected chi connectivity index (χ1v) is 8.20. The predicted octanol–water partition coefficient (Wildman–Crippen LogP) is 1.54. The summed E-state index contributed by atoms with van der Waals surface area (Å²) in [6.45, 7) is 0. The van der Waals surface area contributed by atoms with E-state index in [4.69, 9.17) is 9.47 Å². The Morgan fingerprint density at radius 3 is 2.11 bits per heavy atom. The number of fused-ring (bicyclic) bond motifs is 2. The van der Waals surface area contributed by atoms with E-state index in [9.17, 15) is 19.2 Å². The summed E-state index contributed by atoms with van der Waals surface area (Å²) in [5.74, 6) is -2.48. The lowest BCUT2D eigenvalue weighted by Crippen LogP contribution is -2.23. The van der Waals surface area contributed by atoms with E-state index in [0.717, 1.165) is 20.3 Å². The number of carbonyl (C=O) groups excluding carboxylic acids is 4. The summed E-state index contributed by atoms with van der Waals surface area (Å²) in [6, 6.07) is 6.39. The van der Waals surface area contributed by atoms with Crippen molar-refractivity contribution in [1.82, 2.24) is 4.57 Å². The minimum Gasteiger partial charge on any atom is -0.482 e. The molecule has 1 aliphatic rings. The number of ether oxygens (including phenoxy) is 3. The van der Waals surface area contributed by atoms with Crippen molar-refractivity contribution in [1.29, 1.82) is 0 Å². The van der Waals surface area contributed by atoms with Crippen LogP contribution in [0.15, 0.2) is 30.3 Å². The van der Waals surface area contributed by atoms with Gasteiger partial charge in [-0.1, -0.05) is 24.3 Å². The van der Waals surface area contributed by atoms with Crippen molar-refractivity contribution < 1.29 is 33.4 Å². The molecule has 2 aromatic rings. The zero-order valence-electron chi connectivity index (χ0n) is 15.7. The molecule has 144 valence electrons. The second-order valence-electron chi connectivity index (χ2n) is 5.94. The molecule has 8 nitrogen and oxygen atoms in total. The number of esters is 2. The van der Waals surface area contributed by atoms with Crippen LogP contribution in [0.5, 0.6) is 5.88 Å². The quantitative estimate of drug-likeness (QED) is 0.497. The number of hydrogen-bond donors (Lipinski definition) is 0. The van der Waals surface area contributed by atoms with Crippen LogP contribution in [0.2, 0.25) is 0 Å². The predicted molar refractivity (Wildman–Crippen MR) is 97.3 cm³/mol. The first kappa shape index (κ1) is 19.1. The fourth-order valence-electron chi connectivity index (χ4n) is 3.30. The van der Waals surface area contributed by atoms with Gasteiger partial charge in [0.2, 0.25) is 11.7 Å². The van der Waals surface area contributed by atoms with Gasteiger partial charge in [-0.25, -0.2) is 9.59 Å². The summed E-state index contributed by atoms with van der Waals surface area (Å²) in [6.07, 6.45) is 0.905. The summed E-state index contributed by atoms with van der Waals surface area (Å²) in [7, 11) is 5.15. The van der Waals surface area contributed by atoms with Gasteiger partial charge in [-0.2, -0.15) is 0 Å². The molecule has 1 heterocycles. The standard InChI is InChI=1S/C20H17NO7/c1-21-16-15(17(23)10-7-5-6-8-11(10)18(16)24)14(19(21)27-3)12(20(25)28-4)9-13(22)26-2/h5-9H,1-4H3/b12-9-. The Labute approximate surface area is 160 Å². The van der Waals surface area contributed by atoms with Crippen molar-refractivity contribution in [3.8, 4) is 5.88 Å². The largest absolute Gasteiger partial charge is 0.482 e. The summed E-state index contributed by atoms with van der Waals surface area (Å²) in [4.78, 5) is 50.5. The summed E-state index contributed by atoms with van der Waals surface area (Å²) in [5, 5.41) is 0. The molecule has 0 radical (unpaired) electrons. The normalized spacial score (nSPS) is 12.9. The molecule has 8 heteroatoms. The zero-order chi connectivity index (χ0) is 20.6. The number of benzene rings is 1. The molecule has 0 amide bonds. The van der Waals surface area contributed by atoms with E-state index in [1.165, 1.54) is 24.8 Å². The lowest BCUT2D eigenvalue weighted by molar-refractivity contribution is -0.136. The number of nitrogens with zero attached hydrogens (tertiary/aromatic N) is 1. The first-order valence-electron chi connectivity index (χ1n) is 8.20. The van der Waals surface area contributed by atoms with Gasteiger partial charge in [-0.3, -0.25) is 9.59 Å². The molecule has 0 aliphatic heterocycles. The van der Waals surface area contributed by atoms with E-state index in [2.05, 4.69) is 4.74 Å². The van der Waals surface area contributed by atoms with Crippen LogP contribution in [0.4, 0.5) is 0 Å². The van der Waals surface area contributed by atoms with Gasteiger partial charge in [0.15, 0.2) is 5.78 Å². The van der Waals surface area contributed by atoms with Gasteiger partial charge in [-0.05, 0) is 0 Å². The summed E-state index contributed by atoms with van der Waals surface area (Å²) in [5.41, 5.74) is 0.260. The average molecular weight is 383 g/mol. The summed E-state index contributed by atoms with van der Waals surface area (Å²) >= 11 is 0. The number of aromatic nitrogens is 1. The van der Waals surface area contributed by atoms with E-state index in [0.29, 0.717) is 0 Å². The van der Waals surface area contributed by atoms with Crippen molar-refractivity contribution in [3.63, 3.8) is 0 Å². The molecule has 3 rings (SSSR count). The highest BCUT2D eigenvalue weighted by molar-refractivity contribution is 6.32. The Morgan fingerprint density at radius 1 is 0.964 bits per heavy atom. The van der Waals surface area contributed by atoms with E-state index >= 15 is 0 Å². The van der Waals surface area contributed by atoms with Gasteiger partial charge in [0, 0.05) is 24.3 Å². The Bertz CT molecular complexity index is 1060. The molecule has 0 N–H and O–H groups in total. The van der Waals surface area contributed by atoms with Crippen LogP contribution in [0, 0.1) is 0 Å². The third-order valence-corrected chi connectivity index (χ3v) is 4.53. The van der Waals surface area contributed by atoms with Crippen LogP contribution >= 0.6 is 0 Å². The number of ketones is 2. The van der Waals surface area contributed by atoms with Crippen LogP contribution in [0.25, 0.3) is 5.57 Å². The van der Waals surface area contributed by atoms with Gasteiger partial charge in [0.25, 0.3) is 0 Å². The Hall–Kier alpha value is -3.68. The van der Waals surface area contributed by atoms with Crippen LogP contribution < -0.4 is 4.74 Å². The summed E-state index contributed by atoms with van der Waals surface area (Å²) < 4.78 is 16.1.